The summed E-state index contributed by atoms with van der Waals surface area (Å²) in [5.41, 5.74) is 4.74. The first-order valence-electron chi connectivity index (χ1n) is 11.9. The number of alkyl halides is 3. The van der Waals surface area contributed by atoms with Crippen LogP contribution in [0.15, 0.2) is 18.2 Å². The van der Waals surface area contributed by atoms with Gasteiger partial charge in [-0.15, -0.1) is 0 Å². The molecule has 33 heavy (non-hydrogen) atoms. The zero-order chi connectivity index (χ0) is 24.0. The van der Waals surface area contributed by atoms with Gasteiger partial charge in [0.15, 0.2) is 0 Å². The number of benzene rings is 1. The van der Waals surface area contributed by atoms with E-state index in [1.807, 2.05) is 6.92 Å². The van der Waals surface area contributed by atoms with Crippen LogP contribution < -0.4 is 10.6 Å². The lowest BCUT2D eigenvalue weighted by molar-refractivity contribution is -0.137. The van der Waals surface area contributed by atoms with Crippen molar-refractivity contribution in [1.82, 2.24) is 4.90 Å². The van der Waals surface area contributed by atoms with E-state index >= 15 is 0 Å². The number of nitrogens with zero attached hydrogens (tertiary/aromatic N) is 2. The molecule has 9 heteroatoms. The average molecular weight is 474 g/mol. The fourth-order valence-electron chi connectivity index (χ4n) is 4.98. The number of anilines is 1. The molecule has 3 rings (SSSR count). The van der Waals surface area contributed by atoms with Gasteiger partial charge >= 0.3 is 6.18 Å². The van der Waals surface area contributed by atoms with Gasteiger partial charge in [0, 0.05) is 32.8 Å². The van der Waals surface area contributed by atoms with Gasteiger partial charge in [0.25, 0.3) is 0 Å². The topological polar surface area (TPSA) is 58.8 Å². The molecule has 1 aliphatic carbocycles. The Morgan fingerprint density at radius 1 is 1.15 bits per heavy atom. The van der Waals surface area contributed by atoms with Gasteiger partial charge in [-0.05, 0) is 62.3 Å². The largest absolute Gasteiger partial charge is 0.416 e. The van der Waals surface area contributed by atoms with Gasteiger partial charge in [0.05, 0.1) is 11.3 Å². The van der Waals surface area contributed by atoms with Crippen molar-refractivity contribution in [2.45, 2.75) is 57.7 Å². The second-order valence-electron chi connectivity index (χ2n) is 9.26. The first kappa shape index (κ1) is 25.7. The van der Waals surface area contributed by atoms with Crippen molar-refractivity contribution in [3.8, 4) is 0 Å². The highest BCUT2D eigenvalue weighted by atomic mass is 19.4. The van der Waals surface area contributed by atoms with Gasteiger partial charge in [0.2, 0.25) is 5.91 Å². The third-order valence-corrected chi connectivity index (χ3v) is 6.94. The molecule has 1 aromatic carbocycles. The summed E-state index contributed by atoms with van der Waals surface area (Å²) in [6.07, 6.45) is 0.876. The lowest BCUT2D eigenvalue weighted by Gasteiger charge is -2.38. The molecule has 1 unspecified atom stereocenters. The molecule has 0 bridgehead atoms. The van der Waals surface area contributed by atoms with Crippen LogP contribution in [0.4, 0.5) is 23.2 Å². The van der Waals surface area contributed by atoms with Crippen LogP contribution in [0.2, 0.25) is 0 Å². The van der Waals surface area contributed by atoms with E-state index in [1.54, 1.807) is 4.90 Å². The lowest BCUT2D eigenvalue weighted by atomic mass is 9.78. The quantitative estimate of drug-likeness (QED) is 0.539. The average Bonchev–Trinajstić information content (AvgIpc) is 2.78. The second-order valence-corrected chi connectivity index (χ2v) is 9.26. The van der Waals surface area contributed by atoms with Crippen LogP contribution in [0.25, 0.3) is 0 Å². The Kier molecular flexibility index (Phi) is 8.98. The Hall–Kier alpha value is -1.87. The van der Waals surface area contributed by atoms with Gasteiger partial charge in [0.1, 0.15) is 11.9 Å². The van der Waals surface area contributed by atoms with E-state index in [0.717, 1.165) is 63.3 Å². The first-order valence-corrected chi connectivity index (χ1v) is 11.9. The number of nitrogens with two attached hydrogens (primary N) is 1. The number of halogens is 4. The first-order chi connectivity index (χ1) is 15.7. The van der Waals surface area contributed by atoms with Crippen molar-refractivity contribution in [3.05, 3.63) is 29.6 Å². The molecule has 1 aromatic rings. The summed E-state index contributed by atoms with van der Waals surface area (Å²) in [7, 11) is 0. The molecule has 2 N–H and O–H groups in total. The molecular formula is C24H35F4N3O2. The number of hydrogen-bond donors (Lipinski definition) is 1. The molecule has 2 fully saturated rings. The number of primary amides is 1. The highest BCUT2D eigenvalue weighted by Gasteiger charge is 2.33. The summed E-state index contributed by atoms with van der Waals surface area (Å²) in [6.45, 7) is 5.86. The van der Waals surface area contributed by atoms with E-state index < -0.39 is 23.7 Å². The van der Waals surface area contributed by atoms with Crippen LogP contribution >= 0.6 is 0 Å². The summed E-state index contributed by atoms with van der Waals surface area (Å²) in [5, 5.41) is 0. The number of ether oxygens (including phenoxy) is 1. The maximum atomic E-state index is 14.2. The predicted molar refractivity (Wildman–Crippen MR) is 119 cm³/mol. The molecule has 1 amide bonds. The molecule has 2 aliphatic rings. The third kappa shape index (κ3) is 7.06. The van der Waals surface area contributed by atoms with Crippen molar-refractivity contribution in [1.29, 1.82) is 0 Å². The van der Waals surface area contributed by atoms with Crippen molar-refractivity contribution in [2.75, 3.05) is 44.2 Å². The highest BCUT2D eigenvalue weighted by molar-refractivity contribution is 5.79. The molecule has 0 radical (unpaired) electrons. The van der Waals surface area contributed by atoms with Crippen LogP contribution in [0.1, 0.15) is 51.0 Å². The second kappa shape index (κ2) is 11.5. The standard InChI is InChI=1S/C24H35F4N3O2/c1-2-15-33-22(23(29)32)18-5-3-17(4-6-18)9-10-30-11-13-31(14-12-30)21-16-19(24(26,27)28)7-8-20(21)25/h7-8,16-18,22H,2-6,9-15H2,1H3,(H2,29,32). The van der Waals surface area contributed by atoms with Gasteiger partial charge in [-0.1, -0.05) is 19.8 Å². The maximum absolute atomic E-state index is 14.2. The Labute approximate surface area is 193 Å². The number of amides is 1. The number of hydrogen-bond acceptors (Lipinski definition) is 4. The third-order valence-electron chi connectivity index (χ3n) is 6.94. The number of carbonyl (C=O) groups is 1. The fourth-order valence-corrected chi connectivity index (χ4v) is 4.98. The molecule has 186 valence electrons. The van der Waals surface area contributed by atoms with Crippen LogP contribution in [0, 0.1) is 17.7 Å². The van der Waals surface area contributed by atoms with E-state index in [-0.39, 0.29) is 17.5 Å². The molecule has 0 spiro atoms. The van der Waals surface area contributed by atoms with E-state index in [1.165, 1.54) is 0 Å². The lowest BCUT2D eigenvalue weighted by Crippen LogP contribution is -2.47. The van der Waals surface area contributed by atoms with E-state index in [2.05, 4.69) is 4.90 Å². The monoisotopic (exact) mass is 473 g/mol. The highest BCUT2D eigenvalue weighted by Crippen LogP contribution is 2.35. The summed E-state index contributed by atoms with van der Waals surface area (Å²) in [6, 6.07) is 2.59. The summed E-state index contributed by atoms with van der Waals surface area (Å²) >= 11 is 0. The summed E-state index contributed by atoms with van der Waals surface area (Å²) in [4.78, 5) is 15.7. The Morgan fingerprint density at radius 2 is 1.82 bits per heavy atom. The van der Waals surface area contributed by atoms with Gasteiger partial charge < -0.3 is 15.4 Å². The molecule has 5 nitrogen and oxygen atoms in total. The maximum Gasteiger partial charge on any atom is 0.416 e. The van der Waals surface area contributed by atoms with E-state index in [4.69, 9.17) is 10.5 Å². The number of carbonyl (C=O) groups excluding carboxylic acids is 1. The van der Waals surface area contributed by atoms with Crippen molar-refractivity contribution < 1.29 is 27.1 Å². The van der Waals surface area contributed by atoms with Crippen molar-refractivity contribution >= 4 is 11.6 Å². The predicted octanol–water partition coefficient (Wildman–Crippen LogP) is 4.44. The Bertz CT molecular complexity index is 773. The zero-order valence-corrected chi connectivity index (χ0v) is 19.2. The number of piperazine rings is 1. The molecule has 1 saturated carbocycles. The molecule has 1 saturated heterocycles. The Balaban J connectivity index is 1.42. The smallest absolute Gasteiger partial charge is 0.368 e. The van der Waals surface area contributed by atoms with Gasteiger partial charge in [-0.2, -0.15) is 13.2 Å². The van der Waals surface area contributed by atoms with Crippen LogP contribution in [0.3, 0.4) is 0 Å². The molecule has 1 atom stereocenters. The van der Waals surface area contributed by atoms with Gasteiger partial charge in [-0.25, -0.2) is 4.39 Å². The molecule has 1 aliphatic heterocycles. The zero-order valence-electron chi connectivity index (χ0n) is 19.2. The van der Waals surface area contributed by atoms with E-state index in [9.17, 15) is 22.4 Å². The minimum absolute atomic E-state index is 0.0251. The van der Waals surface area contributed by atoms with E-state index in [0.29, 0.717) is 38.7 Å². The fraction of sp³-hybridized carbons (Fsp3) is 0.708. The SMILES string of the molecule is CCCOC(C(N)=O)C1CCC(CCN2CCN(c3cc(C(F)(F)F)ccc3F)CC2)CC1. The minimum Gasteiger partial charge on any atom is -0.368 e. The normalized spacial score (nSPS) is 23.5. The minimum atomic E-state index is -4.48. The molecule has 1 heterocycles. The van der Waals surface area contributed by atoms with Gasteiger partial charge in [-0.3, -0.25) is 9.69 Å². The molecular weight excluding hydrogens is 438 g/mol. The summed E-state index contributed by atoms with van der Waals surface area (Å²) < 4.78 is 58.8. The van der Waals surface area contributed by atoms with Crippen molar-refractivity contribution in [3.63, 3.8) is 0 Å². The van der Waals surface area contributed by atoms with Crippen molar-refractivity contribution in [2.24, 2.45) is 17.6 Å². The molecule has 0 aromatic heterocycles. The Morgan fingerprint density at radius 3 is 2.39 bits per heavy atom. The summed E-state index contributed by atoms with van der Waals surface area (Å²) in [5.74, 6) is -0.219. The van der Waals surface area contributed by atoms with Crippen LogP contribution in [0.5, 0.6) is 0 Å². The van der Waals surface area contributed by atoms with Crippen LogP contribution in [-0.4, -0.2) is 56.2 Å². The number of rotatable bonds is 9. The van der Waals surface area contributed by atoms with Crippen LogP contribution in [-0.2, 0) is 15.7 Å².